The smallest absolute Gasteiger partial charge is 0.207 e. The van der Waals surface area contributed by atoms with Gasteiger partial charge in [0.25, 0.3) is 0 Å². The maximum absolute atomic E-state index is 13.7. The van der Waals surface area contributed by atoms with Crippen molar-refractivity contribution in [3.8, 4) is 0 Å². The Morgan fingerprint density at radius 2 is 1.47 bits per heavy atom. The van der Waals surface area contributed by atoms with Crippen LogP contribution in [0.15, 0.2) is 82.6 Å². The summed E-state index contributed by atoms with van der Waals surface area (Å²) in [6.07, 6.45) is 9.53. The van der Waals surface area contributed by atoms with Crippen LogP contribution >= 0.6 is 0 Å². The predicted molar refractivity (Wildman–Crippen MR) is 129 cm³/mol. The lowest BCUT2D eigenvalue weighted by Crippen LogP contribution is -2.36. The second-order valence-electron chi connectivity index (χ2n) is 8.80. The van der Waals surface area contributed by atoms with E-state index in [1.165, 1.54) is 45.0 Å². The minimum atomic E-state index is -3.94. The quantitative estimate of drug-likeness (QED) is 0.541. The van der Waals surface area contributed by atoms with Crippen LogP contribution in [0.2, 0.25) is 0 Å². The lowest BCUT2D eigenvalue weighted by Gasteiger charge is -2.29. The molecule has 0 spiro atoms. The Morgan fingerprint density at radius 3 is 2.09 bits per heavy atom. The van der Waals surface area contributed by atoms with E-state index in [0.29, 0.717) is 18.7 Å². The molecule has 0 radical (unpaired) electrons. The lowest BCUT2D eigenvalue weighted by atomic mass is 9.90. The summed E-state index contributed by atoms with van der Waals surface area (Å²) in [5, 5.41) is 0. The molecule has 1 saturated heterocycles. The Kier molecular flexibility index (Phi) is 7.37. The molecule has 1 aliphatic carbocycles. The molecular weight excluding hydrogens is 475 g/mol. The SMILES string of the molecule is CC1C=CC=CC1CN(Cc1ccc(F)cc1)S(=O)(=O)c1ccc(S(=O)(=O)N2CCCC2)cc1. The number of hydrogen-bond acceptors (Lipinski definition) is 4. The van der Waals surface area contributed by atoms with Crippen LogP contribution in [0.4, 0.5) is 4.39 Å². The van der Waals surface area contributed by atoms with Crippen molar-refractivity contribution in [2.24, 2.45) is 11.8 Å². The molecule has 1 fully saturated rings. The first-order chi connectivity index (χ1) is 16.2. The van der Waals surface area contributed by atoms with Crippen LogP contribution < -0.4 is 0 Å². The number of hydrogen-bond donors (Lipinski definition) is 0. The van der Waals surface area contributed by atoms with E-state index < -0.39 is 20.0 Å². The van der Waals surface area contributed by atoms with E-state index in [9.17, 15) is 21.2 Å². The fourth-order valence-corrected chi connectivity index (χ4v) is 7.26. The van der Waals surface area contributed by atoms with E-state index in [0.717, 1.165) is 12.8 Å². The normalized spacial score (nSPS) is 21.4. The molecule has 0 saturated carbocycles. The van der Waals surface area contributed by atoms with Crippen molar-refractivity contribution >= 4 is 20.0 Å². The second-order valence-corrected chi connectivity index (χ2v) is 12.7. The van der Waals surface area contributed by atoms with E-state index >= 15 is 0 Å². The molecule has 0 N–H and O–H groups in total. The standard InChI is InChI=1S/C25H29FN2O4S2/c1-20-6-2-3-7-22(20)19-28(18-21-8-10-23(26)11-9-21)34(31,32)25-14-12-24(13-15-25)33(29,30)27-16-4-5-17-27/h2-3,6-15,20,22H,4-5,16-19H2,1H3. The van der Waals surface area contributed by atoms with Gasteiger partial charge in [0.2, 0.25) is 20.0 Å². The number of sulfonamides is 2. The first kappa shape index (κ1) is 24.8. The summed E-state index contributed by atoms with van der Waals surface area (Å²) in [5.74, 6) is -0.249. The average Bonchev–Trinajstić information content (AvgIpc) is 3.37. The van der Waals surface area contributed by atoms with Gasteiger partial charge in [0.1, 0.15) is 5.82 Å². The minimum Gasteiger partial charge on any atom is -0.207 e. The third kappa shape index (κ3) is 5.33. The van der Waals surface area contributed by atoms with E-state index in [1.807, 2.05) is 31.2 Å². The first-order valence-corrected chi connectivity index (χ1v) is 14.3. The molecule has 0 aromatic heterocycles. The van der Waals surface area contributed by atoms with Crippen LogP contribution in [-0.4, -0.2) is 45.1 Å². The average molecular weight is 505 g/mol. The van der Waals surface area contributed by atoms with E-state index in [-0.39, 0.29) is 40.5 Å². The zero-order chi connectivity index (χ0) is 24.3. The van der Waals surface area contributed by atoms with E-state index in [2.05, 4.69) is 0 Å². The van der Waals surface area contributed by atoms with Crippen LogP contribution in [0, 0.1) is 17.7 Å². The van der Waals surface area contributed by atoms with Gasteiger partial charge in [-0.25, -0.2) is 21.2 Å². The molecule has 2 aromatic carbocycles. The van der Waals surface area contributed by atoms with Crippen molar-refractivity contribution in [2.75, 3.05) is 19.6 Å². The Morgan fingerprint density at radius 1 is 0.882 bits per heavy atom. The third-order valence-electron chi connectivity index (χ3n) is 6.41. The molecule has 6 nitrogen and oxygen atoms in total. The molecule has 2 aliphatic rings. The van der Waals surface area contributed by atoms with Gasteiger partial charge in [0.05, 0.1) is 9.79 Å². The van der Waals surface area contributed by atoms with Gasteiger partial charge in [-0.15, -0.1) is 0 Å². The van der Waals surface area contributed by atoms with Crippen LogP contribution in [0.5, 0.6) is 0 Å². The summed E-state index contributed by atoms with van der Waals surface area (Å²) in [4.78, 5) is 0.116. The van der Waals surface area contributed by atoms with Crippen molar-refractivity contribution in [3.63, 3.8) is 0 Å². The highest BCUT2D eigenvalue weighted by atomic mass is 32.2. The summed E-state index contributed by atoms with van der Waals surface area (Å²) < 4.78 is 69.1. The van der Waals surface area contributed by atoms with Crippen molar-refractivity contribution in [2.45, 2.75) is 36.1 Å². The van der Waals surface area contributed by atoms with Gasteiger partial charge in [-0.1, -0.05) is 43.4 Å². The molecular formula is C25H29FN2O4S2. The Hall–Kier alpha value is -2.33. The maximum atomic E-state index is 13.7. The second kappa shape index (κ2) is 10.1. The zero-order valence-corrected chi connectivity index (χ0v) is 20.7. The topological polar surface area (TPSA) is 74.8 Å². The fourth-order valence-electron chi connectivity index (χ4n) is 4.28. The minimum absolute atomic E-state index is 0.0185. The van der Waals surface area contributed by atoms with Gasteiger partial charge in [0, 0.05) is 26.2 Å². The molecule has 0 amide bonds. The Balaban J connectivity index is 1.63. The van der Waals surface area contributed by atoms with E-state index in [4.69, 9.17) is 0 Å². The molecule has 2 atom stereocenters. The lowest BCUT2D eigenvalue weighted by molar-refractivity contribution is 0.335. The van der Waals surface area contributed by atoms with Crippen LogP contribution in [0.1, 0.15) is 25.3 Å². The third-order valence-corrected chi connectivity index (χ3v) is 10.1. The maximum Gasteiger partial charge on any atom is 0.243 e. The monoisotopic (exact) mass is 504 g/mol. The van der Waals surface area contributed by atoms with E-state index in [1.54, 1.807) is 12.1 Å². The van der Waals surface area contributed by atoms with Gasteiger partial charge >= 0.3 is 0 Å². The zero-order valence-electron chi connectivity index (χ0n) is 19.0. The molecule has 182 valence electrons. The summed E-state index contributed by atoms with van der Waals surface area (Å²) in [7, 11) is -7.57. The highest BCUT2D eigenvalue weighted by Crippen LogP contribution is 2.27. The number of allylic oxidation sites excluding steroid dienone is 3. The Bertz CT molecular complexity index is 1270. The predicted octanol–water partition coefficient (Wildman–Crippen LogP) is 4.18. The fraction of sp³-hybridized carbons (Fsp3) is 0.360. The molecule has 34 heavy (non-hydrogen) atoms. The largest absolute Gasteiger partial charge is 0.243 e. The summed E-state index contributed by atoms with van der Waals surface area (Å²) in [6.45, 7) is 3.32. The van der Waals surface area contributed by atoms with Crippen LogP contribution in [-0.2, 0) is 26.6 Å². The van der Waals surface area contributed by atoms with Gasteiger partial charge in [-0.2, -0.15) is 8.61 Å². The van der Waals surface area contributed by atoms with Crippen LogP contribution in [0.25, 0.3) is 0 Å². The number of benzene rings is 2. The van der Waals surface area contributed by atoms with Crippen molar-refractivity contribution in [3.05, 3.63) is 84.2 Å². The highest BCUT2D eigenvalue weighted by Gasteiger charge is 2.31. The summed E-state index contributed by atoms with van der Waals surface area (Å²) in [5.41, 5.74) is 0.668. The highest BCUT2D eigenvalue weighted by molar-refractivity contribution is 7.89. The molecule has 2 aromatic rings. The van der Waals surface area contributed by atoms with Gasteiger partial charge in [0.15, 0.2) is 0 Å². The van der Waals surface area contributed by atoms with Gasteiger partial charge in [-0.05, 0) is 66.6 Å². The Labute approximate surface area is 201 Å². The number of nitrogens with zero attached hydrogens (tertiary/aromatic N) is 2. The molecule has 1 heterocycles. The van der Waals surface area contributed by atoms with Gasteiger partial charge < -0.3 is 0 Å². The van der Waals surface area contributed by atoms with Gasteiger partial charge in [-0.3, -0.25) is 0 Å². The molecule has 1 aliphatic heterocycles. The molecule has 9 heteroatoms. The number of rotatable bonds is 8. The van der Waals surface area contributed by atoms with Crippen molar-refractivity contribution < 1.29 is 21.2 Å². The summed E-state index contributed by atoms with van der Waals surface area (Å²) >= 11 is 0. The first-order valence-electron chi connectivity index (χ1n) is 11.4. The summed E-state index contributed by atoms with van der Waals surface area (Å²) in [6, 6.07) is 11.2. The molecule has 0 bridgehead atoms. The number of halogens is 1. The molecule has 2 unspecified atom stereocenters. The van der Waals surface area contributed by atoms with Crippen molar-refractivity contribution in [1.29, 1.82) is 0 Å². The van der Waals surface area contributed by atoms with Crippen molar-refractivity contribution in [1.82, 2.24) is 8.61 Å². The van der Waals surface area contributed by atoms with Crippen LogP contribution in [0.3, 0.4) is 0 Å². The molecule has 4 rings (SSSR count).